The summed E-state index contributed by atoms with van der Waals surface area (Å²) < 4.78 is 0. The summed E-state index contributed by atoms with van der Waals surface area (Å²) in [6.07, 6.45) is 3.53. The number of anilines is 1. The molecule has 2 nitrogen and oxygen atoms in total. The van der Waals surface area contributed by atoms with Gasteiger partial charge in [0.25, 0.3) is 0 Å². The Labute approximate surface area is 116 Å². The number of thiazole rings is 1. The van der Waals surface area contributed by atoms with Gasteiger partial charge >= 0.3 is 5.13 Å². The van der Waals surface area contributed by atoms with E-state index < -0.39 is 0 Å². The molecule has 0 radical (unpaired) electrons. The van der Waals surface area contributed by atoms with Gasteiger partial charge in [-0.05, 0) is 24.8 Å². The van der Waals surface area contributed by atoms with Crippen LogP contribution in [0.5, 0.6) is 0 Å². The highest BCUT2D eigenvalue weighted by molar-refractivity contribution is 7.15. The predicted molar refractivity (Wildman–Crippen MR) is 62.7 cm³/mol. The maximum Gasteiger partial charge on any atom is 0.330 e. The van der Waals surface area contributed by atoms with E-state index in [9.17, 15) is 0 Å². The van der Waals surface area contributed by atoms with Crippen LogP contribution in [0.4, 0.5) is 5.13 Å². The smallest absolute Gasteiger partial charge is 0.330 e. The molecule has 0 atom stereocenters. The largest absolute Gasteiger partial charge is 1.00 e. The Morgan fingerprint density at radius 1 is 1.19 bits per heavy atom. The van der Waals surface area contributed by atoms with Crippen LogP contribution in [0.25, 0.3) is 11.3 Å². The van der Waals surface area contributed by atoms with E-state index in [1.165, 1.54) is 34.5 Å². The molecule has 0 unspecified atom stereocenters. The summed E-state index contributed by atoms with van der Waals surface area (Å²) in [5.41, 5.74) is 9.84. The number of aryl methyl sites for hydroxylation is 2. The van der Waals surface area contributed by atoms with Crippen molar-refractivity contribution in [2.75, 3.05) is 5.73 Å². The topological polar surface area (TPSA) is 40.2 Å². The highest BCUT2D eigenvalue weighted by Gasteiger charge is 2.20. The van der Waals surface area contributed by atoms with Crippen LogP contribution in [0.15, 0.2) is 24.3 Å². The molecule has 3 N–H and O–H groups in total. The number of benzene rings is 1. The molecule has 0 amide bonds. The fourth-order valence-corrected chi connectivity index (χ4v) is 3.15. The van der Waals surface area contributed by atoms with Crippen molar-refractivity contribution in [2.24, 2.45) is 0 Å². The summed E-state index contributed by atoms with van der Waals surface area (Å²) in [6.45, 7) is 0. The summed E-state index contributed by atoms with van der Waals surface area (Å²) in [6, 6.07) is 8.60. The lowest BCUT2D eigenvalue weighted by molar-refractivity contribution is -0.341. The highest BCUT2D eigenvalue weighted by Crippen LogP contribution is 2.33. The second kappa shape index (κ2) is 4.71. The second-order valence-corrected chi connectivity index (χ2v) is 5.04. The van der Waals surface area contributed by atoms with Crippen LogP contribution in [-0.2, 0) is 12.8 Å². The van der Waals surface area contributed by atoms with E-state index in [2.05, 4.69) is 29.2 Å². The molecule has 0 aliphatic heterocycles. The van der Waals surface area contributed by atoms with E-state index >= 15 is 0 Å². The number of nitrogen functional groups attached to an aromatic ring is 1. The fraction of sp³-hybridized carbons (Fsp3) is 0.250. The number of aromatic nitrogens is 1. The second-order valence-electron chi connectivity index (χ2n) is 3.90. The van der Waals surface area contributed by atoms with E-state index in [1.54, 1.807) is 11.3 Å². The Morgan fingerprint density at radius 2 is 2.00 bits per heavy atom. The van der Waals surface area contributed by atoms with Gasteiger partial charge in [-0.2, -0.15) is 0 Å². The first kappa shape index (κ1) is 11.9. The van der Waals surface area contributed by atoms with Gasteiger partial charge in [0, 0.05) is 5.56 Å². The zero-order valence-corrected chi connectivity index (χ0v) is 11.8. The Morgan fingerprint density at radius 3 is 2.88 bits per heavy atom. The van der Waals surface area contributed by atoms with Crippen LogP contribution in [0.1, 0.15) is 16.9 Å². The maximum atomic E-state index is 5.83. The number of rotatable bonds is 0. The number of halogens is 1. The van der Waals surface area contributed by atoms with Gasteiger partial charge in [0.1, 0.15) is 5.69 Å². The lowest BCUT2D eigenvalue weighted by Gasteiger charge is -2.01. The molecule has 2 aromatic rings. The first-order valence-electron chi connectivity index (χ1n) is 5.23. The van der Waals surface area contributed by atoms with Crippen molar-refractivity contribution in [3.05, 3.63) is 34.7 Å². The average molecular weight is 344 g/mol. The quantitative estimate of drug-likeness (QED) is 0.631. The summed E-state index contributed by atoms with van der Waals surface area (Å²) in [5.74, 6) is 0. The van der Waals surface area contributed by atoms with Crippen molar-refractivity contribution >= 4 is 16.5 Å². The maximum absolute atomic E-state index is 5.83. The van der Waals surface area contributed by atoms with Crippen LogP contribution in [0, 0.1) is 0 Å². The molecule has 0 saturated heterocycles. The van der Waals surface area contributed by atoms with E-state index in [0.717, 1.165) is 11.6 Å². The van der Waals surface area contributed by atoms with Crippen molar-refractivity contribution < 1.29 is 29.0 Å². The summed E-state index contributed by atoms with van der Waals surface area (Å²) in [7, 11) is 0. The van der Waals surface area contributed by atoms with Crippen LogP contribution < -0.4 is 34.7 Å². The van der Waals surface area contributed by atoms with E-state index in [0.29, 0.717) is 0 Å². The van der Waals surface area contributed by atoms with Crippen molar-refractivity contribution in [1.82, 2.24) is 0 Å². The number of aromatic amines is 1. The van der Waals surface area contributed by atoms with Crippen LogP contribution in [-0.4, -0.2) is 0 Å². The standard InChI is InChI=1S/C12H12N2S.HI/c13-12-14-11-9-6-2-1-4-8(9)5-3-7-10(11)15-12;/h1-2,4,6H,3,5,7H2,(H2,13,14);1H. The molecule has 0 saturated carbocycles. The predicted octanol–water partition coefficient (Wildman–Crippen LogP) is -0.696. The molecular formula is C12H13IN2S. The van der Waals surface area contributed by atoms with Gasteiger partial charge in [-0.3, -0.25) is 5.73 Å². The lowest BCUT2D eigenvalue weighted by atomic mass is 10.0. The van der Waals surface area contributed by atoms with Crippen LogP contribution >= 0.6 is 11.3 Å². The Bertz CT molecular complexity index is 507. The van der Waals surface area contributed by atoms with Gasteiger partial charge in [-0.15, -0.1) is 0 Å². The minimum Gasteiger partial charge on any atom is -1.00 e. The monoisotopic (exact) mass is 344 g/mol. The van der Waals surface area contributed by atoms with Crippen molar-refractivity contribution in [1.29, 1.82) is 0 Å². The van der Waals surface area contributed by atoms with Gasteiger partial charge in [-0.25, -0.2) is 4.98 Å². The molecule has 1 aromatic heterocycles. The van der Waals surface area contributed by atoms with Crippen LogP contribution in [0.2, 0.25) is 0 Å². The zero-order valence-electron chi connectivity index (χ0n) is 8.79. The average Bonchev–Trinajstić information content (AvgIpc) is 2.52. The third-order valence-electron chi connectivity index (χ3n) is 2.90. The number of nitrogens with two attached hydrogens (primary N) is 1. The van der Waals surface area contributed by atoms with Gasteiger partial charge < -0.3 is 24.0 Å². The molecule has 1 aliphatic rings. The summed E-state index contributed by atoms with van der Waals surface area (Å²) >= 11 is 1.69. The van der Waals surface area contributed by atoms with Gasteiger partial charge in [0.15, 0.2) is 0 Å². The molecule has 0 spiro atoms. The van der Waals surface area contributed by atoms with E-state index in [1.807, 2.05) is 0 Å². The number of hydrogen-bond acceptors (Lipinski definition) is 2. The highest BCUT2D eigenvalue weighted by atomic mass is 127. The van der Waals surface area contributed by atoms with Crippen LogP contribution in [0.3, 0.4) is 0 Å². The third kappa shape index (κ3) is 1.96. The number of nitrogens with one attached hydrogen (secondary N) is 1. The minimum absolute atomic E-state index is 0. The van der Waals surface area contributed by atoms with Crippen molar-refractivity contribution in [3.8, 4) is 11.3 Å². The Kier molecular flexibility index (Phi) is 3.49. The molecule has 16 heavy (non-hydrogen) atoms. The zero-order chi connectivity index (χ0) is 10.3. The fourth-order valence-electron chi connectivity index (χ4n) is 2.22. The molecule has 4 heteroatoms. The third-order valence-corrected chi connectivity index (χ3v) is 3.87. The Balaban J connectivity index is 0.000000963. The number of hydrogen-bond donors (Lipinski definition) is 1. The van der Waals surface area contributed by atoms with Crippen molar-refractivity contribution in [2.45, 2.75) is 19.3 Å². The van der Waals surface area contributed by atoms with E-state index in [-0.39, 0.29) is 24.0 Å². The molecule has 0 fully saturated rings. The number of H-pyrrole nitrogens is 1. The van der Waals surface area contributed by atoms with Gasteiger partial charge in [0.05, 0.1) is 4.88 Å². The minimum atomic E-state index is 0. The number of fused-ring (bicyclic) bond motifs is 3. The van der Waals surface area contributed by atoms with E-state index in [4.69, 9.17) is 5.73 Å². The molecular weight excluding hydrogens is 331 g/mol. The first-order chi connectivity index (χ1) is 7.34. The van der Waals surface area contributed by atoms with Gasteiger partial charge in [-0.1, -0.05) is 35.6 Å². The van der Waals surface area contributed by atoms with Gasteiger partial charge in [0.2, 0.25) is 0 Å². The molecule has 84 valence electrons. The Hall–Kier alpha value is -0.620. The molecule has 1 aliphatic carbocycles. The summed E-state index contributed by atoms with van der Waals surface area (Å²) in [4.78, 5) is 4.69. The normalized spacial score (nSPS) is 13.2. The molecule has 0 bridgehead atoms. The molecule has 1 heterocycles. The molecule has 3 rings (SSSR count). The SMILES string of the molecule is Nc1[nH+]c2c(s1)CCCc1ccccc1-2.[I-]. The lowest BCUT2D eigenvalue weighted by Crippen LogP contribution is -3.00. The molecule has 1 aromatic carbocycles. The summed E-state index contributed by atoms with van der Waals surface area (Å²) in [5, 5.41) is 0.816. The van der Waals surface area contributed by atoms with Crippen molar-refractivity contribution in [3.63, 3.8) is 0 Å². The first-order valence-corrected chi connectivity index (χ1v) is 6.05.